The number of benzene rings is 2. The lowest BCUT2D eigenvalue weighted by atomic mass is 9.87. The minimum absolute atomic E-state index is 0.0148. The van der Waals surface area contributed by atoms with Gasteiger partial charge in [-0.15, -0.1) is 0 Å². The zero-order chi connectivity index (χ0) is 34.9. The minimum Gasteiger partial charge on any atom is -0.495 e. The van der Waals surface area contributed by atoms with Crippen LogP contribution in [0.4, 0.5) is 27.6 Å². The summed E-state index contributed by atoms with van der Waals surface area (Å²) in [7, 11) is -2.05. The maximum absolute atomic E-state index is 13.7. The summed E-state index contributed by atoms with van der Waals surface area (Å²) in [6.45, 7) is 2.04. The van der Waals surface area contributed by atoms with Gasteiger partial charge in [0.1, 0.15) is 17.8 Å². The highest BCUT2D eigenvalue weighted by Gasteiger charge is 2.39. The molecule has 15 heteroatoms. The van der Waals surface area contributed by atoms with E-state index in [9.17, 15) is 35.2 Å². The molecule has 2 aromatic carbocycles. The van der Waals surface area contributed by atoms with Gasteiger partial charge in [0.15, 0.2) is 9.84 Å². The number of rotatable bonds is 8. The van der Waals surface area contributed by atoms with Gasteiger partial charge in [-0.05, 0) is 49.4 Å². The monoisotopic (exact) mass is 695 g/mol. The minimum atomic E-state index is -4.52. The average Bonchev–Trinajstić information content (AvgIpc) is 3.40. The number of carbonyl (C=O) groups is 1. The van der Waals surface area contributed by atoms with E-state index in [0.717, 1.165) is 17.2 Å². The second-order valence-corrected chi connectivity index (χ2v) is 14.6. The predicted octanol–water partition coefficient (Wildman–Crippen LogP) is 5.49. The number of ether oxygens (including phenoxy) is 1. The Kier molecular flexibility index (Phi) is 10.3. The molecule has 1 saturated heterocycles. The highest BCUT2D eigenvalue weighted by atomic mass is 32.2. The van der Waals surface area contributed by atoms with E-state index in [1.165, 1.54) is 31.4 Å². The molecule has 0 spiro atoms. The molecule has 0 bridgehead atoms. The Bertz CT molecular complexity index is 1820. The molecule has 1 aromatic heterocycles. The molecule has 2 fully saturated rings. The van der Waals surface area contributed by atoms with Gasteiger partial charge in [0.05, 0.1) is 41.6 Å². The molecule has 1 saturated carbocycles. The third kappa shape index (κ3) is 8.57. The highest BCUT2D eigenvalue weighted by Crippen LogP contribution is 2.36. The van der Waals surface area contributed by atoms with Gasteiger partial charge < -0.3 is 19.9 Å². The number of piperidine rings is 1. The van der Waals surface area contributed by atoms with E-state index in [-0.39, 0.29) is 64.6 Å². The summed E-state index contributed by atoms with van der Waals surface area (Å²) in [4.78, 5) is 20.1. The van der Waals surface area contributed by atoms with Gasteiger partial charge in [-0.2, -0.15) is 13.2 Å². The van der Waals surface area contributed by atoms with E-state index >= 15 is 0 Å². The van der Waals surface area contributed by atoms with Gasteiger partial charge in [0.25, 0.3) is 5.91 Å². The number of sulfone groups is 1. The van der Waals surface area contributed by atoms with Crippen LogP contribution >= 0.6 is 0 Å². The molecule has 0 unspecified atom stereocenters. The van der Waals surface area contributed by atoms with Crippen molar-refractivity contribution in [3.8, 4) is 17.6 Å². The number of nitrogens with one attached hydrogen (secondary N) is 2. The lowest BCUT2D eigenvalue weighted by Crippen LogP contribution is -2.53. The molecule has 2 N–H and O–H groups in total. The summed E-state index contributed by atoms with van der Waals surface area (Å²) in [6.07, 6.45) is -1.17. The summed E-state index contributed by atoms with van der Waals surface area (Å²) in [5.74, 6) is 3.01. The van der Waals surface area contributed by atoms with Crippen molar-refractivity contribution in [3.05, 3.63) is 47.8 Å². The first-order valence-corrected chi connectivity index (χ1v) is 17.5. The van der Waals surface area contributed by atoms with E-state index in [4.69, 9.17) is 4.74 Å². The predicted molar refractivity (Wildman–Crippen MR) is 171 cm³/mol. The van der Waals surface area contributed by atoms with Gasteiger partial charge in [-0.1, -0.05) is 18.8 Å². The molecule has 3 aromatic rings. The van der Waals surface area contributed by atoms with Crippen LogP contribution in [0, 0.1) is 17.8 Å². The van der Waals surface area contributed by atoms with Crippen molar-refractivity contribution in [3.63, 3.8) is 0 Å². The number of hydrogen-bond donors (Lipinski definition) is 2. The van der Waals surface area contributed by atoms with Crippen LogP contribution in [0.5, 0.6) is 5.75 Å². The average molecular weight is 696 g/mol. The van der Waals surface area contributed by atoms with Crippen molar-refractivity contribution >= 4 is 32.5 Å². The van der Waals surface area contributed by atoms with Crippen molar-refractivity contribution in [1.82, 2.24) is 19.8 Å². The van der Waals surface area contributed by atoms with Crippen LogP contribution in [0.3, 0.4) is 0 Å². The fourth-order valence-corrected chi connectivity index (χ4v) is 7.06. The largest absolute Gasteiger partial charge is 0.495 e. The number of fused-ring (bicyclic) bond motifs is 1. The summed E-state index contributed by atoms with van der Waals surface area (Å²) in [5.41, 5.74) is 1.10. The molecule has 48 heavy (non-hydrogen) atoms. The molecule has 260 valence electrons. The van der Waals surface area contributed by atoms with Crippen molar-refractivity contribution in [2.75, 3.05) is 38.3 Å². The normalized spacial score (nSPS) is 20.6. The maximum Gasteiger partial charge on any atom is 0.406 e. The number of methoxy groups -OCH3 is 1. The van der Waals surface area contributed by atoms with Crippen LogP contribution in [0.1, 0.15) is 54.9 Å². The van der Waals surface area contributed by atoms with Crippen LogP contribution in [0.2, 0.25) is 0 Å². The zero-order valence-electron chi connectivity index (χ0n) is 26.8. The lowest BCUT2D eigenvalue weighted by molar-refractivity contribution is -0.140. The lowest BCUT2D eigenvalue weighted by Gasteiger charge is -2.43. The number of halogens is 5. The van der Waals surface area contributed by atoms with Crippen molar-refractivity contribution in [2.24, 2.45) is 5.92 Å². The van der Waals surface area contributed by atoms with E-state index in [1.807, 2.05) is 6.92 Å². The smallest absolute Gasteiger partial charge is 0.406 e. The summed E-state index contributed by atoms with van der Waals surface area (Å²) < 4.78 is 97.5. The van der Waals surface area contributed by atoms with Gasteiger partial charge in [-0.25, -0.2) is 22.2 Å². The summed E-state index contributed by atoms with van der Waals surface area (Å²) >= 11 is 0. The van der Waals surface area contributed by atoms with Crippen molar-refractivity contribution in [2.45, 2.75) is 74.7 Å². The third-order valence-electron chi connectivity index (χ3n) is 8.98. The Balaban J connectivity index is 1.33. The third-order valence-corrected chi connectivity index (χ3v) is 10.1. The Morgan fingerprint density at radius 1 is 1.15 bits per heavy atom. The molecule has 9 nitrogen and oxygen atoms in total. The number of alkyl halides is 5. The fraction of sp³-hybridized carbons (Fsp3) is 0.515. The number of anilines is 1. The second kappa shape index (κ2) is 13.9. The first kappa shape index (κ1) is 35.4. The summed E-state index contributed by atoms with van der Waals surface area (Å²) in [5, 5.41) is 6.08. The topological polar surface area (TPSA) is 106 Å². The molecule has 2 aliphatic rings. The number of amides is 1. The first-order chi connectivity index (χ1) is 22.5. The quantitative estimate of drug-likeness (QED) is 0.237. The van der Waals surface area contributed by atoms with Crippen LogP contribution in [-0.2, 0) is 16.4 Å². The van der Waals surface area contributed by atoms with Crippen LogP contribution in [-0.4, -0.2) is 86.0 Å². The number of hydrogen-bond acceptors (Lipinski definition) is 7. The molecule has 1 amide bonds. The van der Waals surface area contributed by atoms with Crippen molar-refractivity contribution in [1.29, 1.82) is 0 Å². The number of nitrogens with zero attached hydrogens (tertiary/aromatic N) is 3. The van der Waals surface area contributed by atoms with Gasteiger partial charge in [-0.3, -0.25) is 9.69 Å². The second-order valence-electron chi connectivity index (χ2n) is 12.6. The van der Waals surface area contributed by atoms with Gasteiger partial charge in [0, 0.05) is 55.9 Å². The van der Waals surface area contributed by atoms with Gasteiger partial charge >= 0.3 is 6.18 Å². The SMILES string of the molecule is COc1cc(S(C)(=O)=O)ccc1NCC#Cc1cc(C(=O)N[C@H]2CCN(C3CCC(F)(F)CC3)C[C@@H]2C)c2ncn(CC(F)(F)F)c2c1. The molecule has 1 aliphatic carbocycles. The van der Waals surface area contributed by atoms with E-state index < -0.39 is 34.4 Å². The molecular weight excluding hydrogens is 657 g/mol. The number of aromatic nitrogens is 2. The Morgan fingerprint density at radius 3 is 2.52 bits per heavy atom. The van der Waals surface area contributed by atoms with Crippen LogP contribution in [0.15, 0.2) is 41.6 Å². The van der Waals surface area contributed by atoms with E-state index in [2.05, 4.69) is 32.4 Å². The van der Waals surface area contributed by atoms with Crippen LogP contribution in [0.25, 0.3) is 11.0 Å². The zero-order valence-corrected chi connectivity index (χ0v) is 27.6. The fourth-order valence-electron chi connectivity index (χ4n) is 6.42. The summed E-state index contributed by atoms with van der Waals surface area (Å²) in [6, 6.07) is 7.16. The number of carbonyl (C=O) groups excluding carboxylic acids is 1. The Hall–Kier alpha value is -3.90. The van der Waals surface area contributed by atoms with Gasteiger partial charge in [0.2, 0.25) is 5.92 Å². The molecular formula is C33H38F5N5O4S. The van der Waals surface area contributed by atoms with E-state index in [1.54, 1.807) is 6.07 Å². The molecule has 0 radical (unpaired) electrons. The molecule has 1 aliphatic heterocycles. The maximum atomic E-state index is 13.7. The first-order valence-electron chi connectivity index (χ1n) is 15.6. The van der Waals surface area contributed by atoms with Crippen LogP contribution < -0.4 is 15.4 Å². The molecule has 5 rings (SSSR count). The Morgan fingerprint density at radius 2 is 1.88 bits per heavy atom. The highest BCUT2D eigenvalue weighted by molar-refractivity contribution is 7.90. The molecule has 2 heterocycles. The van der Waals surface area contributed by atoms with Crippen molar-refractivity contribution < 1.29 is 39.9 Å². The number of imidazole rings is 1. The Labute approximate surface area is 276 Å². The number of likely N-dealkylation sites (tertiary alicyclic amines) is 1. The standard InChI is InChI=1S/C33H38F5N5O4S/c1-21-18-42(23-8-11-32(34,35)12-9-23)14-10-26(21)41-31(44)25-15-22(16-28-30(25)40-20-43(28)19-33(36,37)38)5-4-13-39-27-7-6-24(48(3,45)46)17-29(27)47-2/h6-7,15-17,20-21,23,26,39H,8-14,18-19H2,1-3H3,(H,41,44)/t21-,26-/m0/s1. The molecule has 2 atom stereocenters. The van der Waals surface area contributed by atoms with E-state index in [0.29, 0.717) is 43.6 Å².